The third-order valence-electron chi connectivity index (χ3n) is 4.78. The summed E-state index contributed by atoms with van der Waals surface area (Å²) < 4.78 is 0. The van der Waals surface area contributed by atoms with Crippen molar-refractivity contribution in [3.05, 3.63) is 17.5 Å². The third kappa shape index (κ3) is 2.87. The van der Waals surface area contributed by atoms with E-state index in [0.29, 0.717) is 24.7 Å². The van der Waals surface area contributed by atoms with Crippen LogP contribution in [-0.2, 0) is 4.79 Å². The van der Waals surface area contributed by atoms with Gasteiger partial charge in [0.25, 0.3) is 5.91 Å². The van der Waals surface area contributed by atoms with Crippen LogP contribution < -0.4 is 5.32 Å². The second-order valence-electron chi connectivity index (χ2n) is 7.13. The number of carbonyl (C=O) groups excluding carboxylic acids is 2. The summed E-state index contributed by atoms with van der Waals surface area (Å²) in [6, 6.07) is 1.89. The van der Waals surface area contributed by atoms with Gasteiger partial charge < -0.3 is 10.2 Å². The lowest BCUT2D eigenvalue weighted by Gasteiger charge is -2.18. The van der Waals surface area contributed by atoms with Gasteiger partial charge in [0.05, 0.1) is 5.69 Å². The molecule has 6 nitrogen and oxygen atoms in total. The van der Waals surface area contributed by atoms with Crippen molar-refractivity contribution < 1.29 is 9.59 Å². The van der Waals surface area contributed by atoms with Crippen molar-refractivity contribution in [3.63, 3.8) is 0 Å². The molecule has 2 fully saturated rings. The summed E-state index contributed by atoms with van der Waals surface area (Å²) in [5.74, 6) is 0.395. The van der Waals surface area contributed by atoms with E-state index in [1.807, 2.05) is 26.8 Å². The Labute approximate surface area is 130 Å². The highest BCUT2D eigenvalue weighted by molar-refractivity contribution is 5.92. The van der Waals surface area contributed by atoms with Crippen molar-refractivity contribution in [2.45, 2.75) is 52.0 Å². The maximum absolute atomic E-state index is 12.5. The highest BCUT2D eigenvalue weighted by atomic mass is 16.2. The first-order valence-electron chi connectivity index (χ1n) is 8.04. The lowest BCUT2D eigenvalue weighted by Crippen LogP contribution is -2.41. The summed E-state index contributed by atoms with van der Waals surface area (Å²) in [6.07, 6.45) is 2.76. The highest BCUT2D eigenvalue weighted by Crippen LogP contribution is 2.45. The molecule has 120 valence electrons. The predicted octanol–water partition coefficient (Wildman–Crippen LogP) is 1.66. The van der Waals surface area contributed by atoms with Crippen LogP contribution >= 0.6 is 0 Å². The van der Waals surface area contributed by atoms with Gasteiger partial charge in [-0.15, -0.1) is 0 Å². The molecular weight excluding hydrogens is 280 g/mol. The van der Waals surface area contributed by atoms with Gasteiger partial charge in [0.2, 0.25) is 5.91 Å². The number of nitrogens with zero attached hydrogens (tertiary/aromatic N) is 2. The molecule has 1 unspecified atom stereocenters. The van der Waals surface area contributed by atoms with E-state index in [4.69, 9.17) is 0 Å². The van der Waals surface area contributed by atoms with Crippen molar-refractivity contribution in [2.24, 2.45) is 5.41 Å². The van der Waals surface area contributed by atoms with Gasteiger partial charge in [-0.1, -0.05) is 20.8 Å². The van der Waals surface area contributed by atoms with Gasteiger partial charge in [-0.05, 0) is 31.2 Å². The Hall–Kier alpha value is -1.85. The second kappa shape index (κ2) is 5.41. The van der Waals surface area contributed by atoms with Crippen LogP contribution in [0, 0.1) is 5.41 Å². The number of hydrogen-bond acceptors (Lipinski definition) is 3. The first-order valence-corrected chi connectivity index (χ1v) is 8.04. The van der Waals surface area contributed by atoms with Crippen molar-refractivity contribution >= 4 is 11.8 Å². The third-order valence-corrected chi connectivity index (χ3v) is 4.78. The van der Waals surface area contributed by atoms with Crippen molar-refractivity contribution in [1.82, 2.24) is 20.4 Å². The molecule has 0 spiro atoms. The van der Waals surface area contributed by atoms with E-state index in [2.05, 4.69) is 15.5 Å². The van der Waals surface area contributed by atoms with Crippen LogP contribution in [0.5, 0.6) is 0 Å². The summed E-state index contributed by atoms with van der Waals surface area (Å²) in [6.45, 7) is 7.35. The minimum atomic E-state index is -0.160. The molecule has 22 heavy (non-hydrogen) atoms. The molecule has 0 radical (unpaired) electrons. The first-order chi connectivity index (χ1) is 10.4. The van der Waals surface area contributed by atoms with Crippen LogP contribution in [0.15, 0.2) is 6.07 Å². The number of rotatable bonds is 4. The second-order valence-corrected chi connectivity index (χ2v) is 7.13. The Bertz CT molecular complexity index is 589. The van der Waals surface area contributed by atoms with Crippen LogP contribution in [0.2, 0.25) is 0 Å². The molecule has 1 aromatic heterocycles. The molecule has 1 saturated carbocycles. The van der Waals surface area contributed by atoms with Crippen LogP contribution in [0.4, 0.5) is 0 Å². The van der Waals surface area contributed by atoms with Gasteiger partial charge in [0.15, 0.2) is 0 Å². The highest BCUT2D eigenvalue weighted by Gasteiger charge is 2.45. The van der Waals surface area contributed by atoms with Crippen molar-refractivity contribution in [3.8, 4) is 0 Å². The number of carbonyl (C=O) groups is 2. The van der Waals surface area contributed by atoms with Gasteiger partial charge in [-0.25, -0.2) is 0 Å². The van der Waals surface area contributed by atoms with Gasteiger partial charge in [-0.2, -0.15) is 5.10 Å². The summed E-state index contributed by atoms with van der Waals surface area (Å²) in [5, 5.41) is 10.1. The Balaban J connectivity index is 1.57. The SMILES string of the molecule is CC(C)c1cc(C(=O)N2CCC(NC(=O)C3(C)CC3)C2)[nH]n1. The molecule has 1 atom stereocenters. The zero-order chi connectivity index (χ0) is 15.9. The molecule has 0 aromatic carbocycles. The molecule has 1 aliphatic heterocycles. The largest absolute Gasteiger partial charge is 0.351 e. The van der Waals surface area contributed by atoms with Crippen molar-refractivity contribution in [2.75, 3.05) is 13.1 Å². The topological polar surface area (TPSA) is 78.1 Å². The van der Waals surface area contributed by atoms with Crippen LogP contribution in [-0.4, -0.2) is 46.0 Å². The van der Waals surface area contributed by atoms with E-state index in [1.54, 1.807) is 4.90 Å². The number of amides is 2. The quantitative estimate of drug-likeness (QED) is 0.888. The van der Waals surface area contributed by atoms with Crippen LogP contribution in [0.25, 0.3) is 0 Å². The number of aromatic nitrogens is 2. The Morgan fingerprint density at radius 3 is 2.77 bits per heavy atom. The normalized spacial score (nSPS) is 22.9. The van der Waals surface area contributed by atoms with Gasteiger partial charge in [0.1, 0.15) is 5.69 Å². The van der Waals surface area contributed by atoms with Crippen molar-refractivity contribution in [1.29, 1.82) is 0 Å². The first kappa shape index (κ1) is 15.1. The number of hydrogen-bond donors (Lipinski definition) is 2. The minimum Gasteiger partial charge on any atom is -0.351 e. The fraction of sp³-hybridized carbons (Fsp3) is 0.688. The minimum absolute atomic E-state index is 0.0335. The molecule has 2 amide bonds. The Kier molecular flexibility index (Phi) is 3.70. The molecule has 2 heterocycles. The smallest absolute Gasteiger partial charge is 0.271 e. The molecule has 1 saturated heterocycles. The zero-order valence-electron chi connectivity index (χ0n) is 13.5. The molecule has 1 aromatic rings. The molecular formula is C16H24N4O2. The standard InChI is InChI=1S/C16H24N4O2/c1-10(2)12-8-13(19-18-12)14(21)20-7-4-11(9-20)17-15(22)16(3)5-6-16/h8,10-11H,4-7,9H2,1-3H3,(H,17,22)(H,18,19). The Morgan fingerprint density at radius 1 is 1.45 bits per heavy atom. The molecule has 3 rings (SSSR count). The maximum Gasteiger partial charge on any atom is 0.271 e. The molecule has 0 bridgehead atoms. The average molecular weight is 304 g/mol. The number of likely N-dealkylation sites (tertiary alicyclic amines) is 1. The van der Waals surface area contributed by atoms with E-state index in [1.165, 1.54) is 0 Å². The number of H-pyrrole nitrogens is 1. The van der Waals surface area contributed by atoms with Gasteiger partial charge in [-0.3, -0.25) is 14.7 Å². The number of nitrogens with one attached hydrogen (secondary N) is 2. The Morgan fingerprint density at radius 2 is 2.18 bits per heavy atom. The predicted molar refractivity (Wildman–Crippen MR) is 82.5 cm³/mol. The summed E-state index contributed by atoms with van der Waals surface area (Å²) in [5.41, 5.74) is 1.27. The van der Waals surface area contributed by atoms with Gasteiger partial charge >= 0.3 is 0 Å². The lowest BCUT2D eigenvalue weighted by atomic mass is 10.1. The van der Waals surface area contributed by atoms with Crippen LogP contribution in [0.1, 0.15) is 62.1 Å². The fourth-order valence-corrected chi connectivity index (χ4v) is 2.75. The van der Waals surface area contributed by atoms with E-state index < -0.39 is 0 Å². The monoisotopic (exact) mass is 304 g/mol. The molecule has 1 aliphatic carbocycles. The lowest BCUT2D eigenvalue weighted by molar-refractivity contribution is -0.126. The van der Waals surface area contributed by atoms with Gasteiger partial charge in [0, 0.05) is 24.5 Å². The van der Waals surface area contributed by atoms with E-state index in [0.717, 1.165) is 25.0 Å². The number of aromatic amines is 1. The summed E-state index contributed by atoms with van der Waals surface area (Å²) in [7, 11) is 0. The van der Waals surface area contributed by atoms with E-state index in [9.17, 15) is 9.59 Å². The zero-order valence-corrected chi connectivity index (χ0v) is 13.5. The van der Waals surface area contributed by atoms with E-state index in [-0.39, 0.29) is 23.3 Å². The van der Waals surface area contributed by atoms with E-state index >= 15 is 0 Å². The molecule has 2 aliphatic rings. The summed E-state index contributed by atoms with van der Waals surface area (Å²) in [4.78, 5) is 26.3. The maximum atomic E-state index is 12.5. The molecule has 2 N–H and O–H groups in total. The fourth-order valence-electron chi connectivity index (χ4n) is 2.75. The summed E-state index contributed by atoms with van der Waals surface area (Å²) >= 11 is 0. The van der Waals surface area contributed by atoms with Crippen LogP contribution in [0.3, 0.4) is 0 Å². The molecule has 6 heteroatoms. The average Bonchev–Trinajstić information content (AvgIpc) is 2.95.